The topological polar surface area (TPSA) is 62.1 Å². The second kappa shape index (κ2) is 6.64. The molecule has 0 aliphatic rings. The van der Waals surface area contributed by atoms with Gasteiger partial charge in [-0.1, -0.05) is 30.3 Å². The summed E-state index contributed by atoms with van der Waals surface area (Å²) < 4.78 is 0. The lowest BCUT2D eigenvalue weighted by atomic mass is 9.95. The molecule has 0 aliphatic heterocycles. The molecule has 0 N–H and O–H groups in total. The molecule has 5 heteroatoms. The molecule has 0 radical (unpaired) electrons. The summed E-state index contributed by atoms with van der Waals surface area (Å²) in [5.41, 5.74) is 4.09. The van der Waals surface area contributed by atoms with Crippen LogP contribution in [0.25, 0.3) is 11.1 Å². The summed E-state index contributed by atoms with van der Waals surface area (Å²) in [7, 11) is 3.79. The molecular weight excluding hydrogens is 278 g/mol. The van der Waals surface area contributed by atoms with Crippen LogP contribution in [0.2, 0.25) is 0 Å². The number of anilines is 1. The Balaban J connectivity index is 2.94. The number of nitrogens with zero attached hydrogens (tertiary/aromatic N) is 3. The zero-order valence-corrected chi connectivity index (χ0v) is 12.6. The summed E-state index contributed by atoms with van der Waals surface area (Å²) in [5.74, 6) is 0. The van der Waals surface area contributed by atoms with E-state index in [1.165, 1.54) is 6.08 Å². The summed E-state index contributed by atoms with van der Waals surface area (Å²) in [6.07, 6.45) is 3.05. The van der Waals surface area contributed by atoms with Gasteiger partial charge in [-0.25, -0.2) is 9.59 Å². The number of hydrogen-bond donors (Lipinski definition) is 0. The molecule has 0 heterocycles. The number of hydrogen-bond acceptors (Lipinski definition) is 5. The molecular formula is C17H15N3O2. The maximum Gasteiger partial charge on any atom is 0.240 e. The van der Waals surface area contributed by atoms with Crippen LogP contribution < -0.4 is 4.90 Å². The van der Waals surface area contributed by atoms with Gasteiger partial charge in [0, 0.05) is 25.3 Å². The van der Waals surface area contributed by atoms with Gasteiger partial charge in [0.05, 0.1) is 0 Å². The Kier molecular flexibility index (Phi) is 4.64. The van der Waals surface area contributed by atoms with Gasteiger partial charge in [-0.05, 0) is 24.1 Å². The van der Waals surface area contributed by atoms with E-state index in [0.717, 1.165) is 22.4 Å². The van der Waals surface area contributed by atoms with Crippen molar-refractivity contribution in [3.8, 4) is 11.1 Å². The van der Waals surface area contributed by atoms with Gasteiger partial charge in [0.2, 0.25) is 12.2 Å². The number of benzene rings is 2. The number of carbonyl (C=O) groups excluding carboxylic acids is 2. The van der Waals surface area contributed by atoms with Crippen molar-refractivity contribution in [2.45, 2.75) is 6.92 Å². The van der Waals surface area contributed by atoms with Crippen LogP contribution in [0.4, 0.5) is 17.1 Å². The monoisotopic (exact) mass is 293 g/mol. The van der Waals surface area contributed by atoms with Gasteiger partial charge >= 0.3 is 0 Å². The molecule has 0 fully saturated rings. The van der Waals surface area contributed by atoms with Crippen molar-refractivity contribution in [3.63, 3.8) is 0 Å². The van der Waals surface area contributed by atoms with Crippen LogP contribution in [-0.2, 0) is 9.59 Å². The van der Waals surface area contributed by atoms with Crippen molar-refractivity contribution in [1.29, 1.82) is 0 Å². The highest BCUT2D eigenvalue weighted by Gasteiger charge is 2.18. The van der Waals surface area contributed by atoms with E-state index in [9.17, 15) is 9.59 Å². The summed E-state index contributed by atoms with van der Waals surface area (Å²) in [4.78, 5) is 30.9. The van der Waals surface area contributed by atoms with Crippen molar-refractivity contribution >= 4 is 29.2 Å². The maximum atomic E-state index is 10.8. The molecule has 0 saturated heterocycles. The van der Waals surface area contributed by atoms with Crippen LogP contribution >= 0.6 is 0 Å². The highest BCUT2D eigenvalue weighted by atomic mass is 16.1. The van der Waals surface area contributed by atoms with Gasteiger partial charge in [-0.15, -0.1) is 0 Å². The Labute approximate surface area is 128 Å². The standard InChI is InChI=1S/C17H15N3O2/c1-12-15(20(2)3)9-14(18-10-21)17(19-11-22)16(12)13-7-5-4-6-8-13/h4-9H,1-3H3. The fourth-order valence-electron chi connectivity index (χ4n) is 2.46. The first-order valence-corrected chi connectivity index (χ1v) is 6.66. The normalized spacial score (nSPS) is 9.59. The van der Waals surface area contributed by atoms with Crippen LogP contribution in [0.1, 0.15) is 5.56 Å². The SMILES string of the molecule is Cc1c(N(C)C)cc(N=C=O)c(N=C=O)c1-c1ccccc1. The summed E-state index contributed by atoms with van der Waals surface area (Å²) in [5, 5.41) is 0. The van der Waals surface area contributed by atoms with Gasteiger partial charge in [0.25, 0.3) is 0 Å². The predicted molar refractivity (Wildman–Crippen MR) is 86.5 cm³/mol. The van der Waals surface area contributed by atoms with E-state index in [-0.39, 0.29) is 0 Å². The average Bonchev–Trinajstić information content (AvgIpc) is 2.51. The Morgan fingerprint density at radius 3 is 2.18 bits per heavy atom. The molecule has 110 valence electrons. The second-order valence-electron chi connectivity index (χ2n) is 4.93. The van der Waals surface area contributed by atoms with Crippen LogP contribution in [0.5, 0.6) is 0 Å². The predicted octanol–water partition coefficient (Wildman–Crippen LogP) is 3.66. The molecule has 0 saturated carbocycles. The summed E-state index contributed by atoms with van der Waals surface area (Å²) in [6, 6.07) is 11.2. The lowest BCUT2D eigenvalue weighted by Crippen LogP contribution is -2.10. The van der Waals surface area contributed by atoms with Crippen molar-refractivity contribution in [1.82, 2.24) is 0 Å². The van der Waals surface area contributed by atoms with Crippen LogP contribution in [0, 0.1) is 6.92 Å². The minimum absolute atomic E-state index is 0.298. The van der Waals surface area contributed by atoms with E-state index in [4.69, 9.17) is 0 Å². The first kappa shape index (κ1) is 15.4. The van der Waals surface area contributed by atoms with Gasteiger partial charge in [-0.3, -0.25) is 0 Å². The molecule has 0 aliphatic carbocycles. The first-order chi connectivity index (χ1) is 10.6. The van der Waals surface area contributed by atoms with E-state index in [1.54, 1.807) is 12.1 Å². The van der Waals surface area contributed by atoms with Gasteiger partial charge in [0.15, 0.2) is 0 Å². The van der Waals surface area contributed by atoms with E-state index >= 15 is 0 Å². The lowest BCUT2D eigenvalue weighted by molar-refractivity contribution is 0.564. The number of rotatable bonds is 4. The summed E-state index contributed by atoms with van der Waals surface area (Å²) in [6.45, 7) is 1.94. The largest absolute Gasteiger partial charge is 0.377 e. The molecule has 2 aromatic rings. The smallest absolute Gasteiger partial charge is 0.240 e. The fourth-order valence-corrected chi connectivity index (χ4v) is 2.46. The molecule has 2 aromatic carbocycles. The van der Waals surface area contributed by atoms with Crippen molar-refractivity contribution in [2.24, 2.45) is 9.98 Å². The number of aliphatic imine (C=N–C) groups is 2. The molecule has 0 bridgehead atoms. The fraction of sp³-hybridized carbons (Fsp3) is 0.176. The molecule has 0 spiro atoms. The van der Waals surface area contributed by atoms with E-state index in [2.05, 4.69) is 9.98 Å². The quantitative estimate of drug-likeness (QED) is 0.638. The zero-order chi connectivity index (χ0) is 16.1. The van der Waals surface area contributed by atoms with Crippen molar-refractivity contribution in [3.05, 3.63) is 42.0 Å². The Hall–Kier alpha value is -3.00. The van der Waals surface area contributed by atoms with Gasteiger partial charge < -0.3 is 4.90 Å². The Morgan fingerprint density at radius 2 is 1.64 bits per heavy atom. The third-order valence-electron chi connectivity index (χ3n) is 3.38. The highest BCUT2D eigenvalue weighted by Crippen LogP contribution is 2.44. The van der Waals surface area contributed by atoms with E-state index in [1.807, 2.05) is 56.3 Å². The van der Waals surface area contributed by atoms with Crippen LogP contribution in [0.3, 0.4) is 0 Å². The highest BCUT2D eigenvalue weighted by molar-refractivity contribution is 5.92. The molecule has 0 aromatic heterocycles. The second-order valence-corrected chi connectivity index (χ2v) is 4.93. The number of isocyanates is 2. The molecule has 5 nitrogen and oxygen atoms in total. The third kappa shape index (κ3) is 2.86. The lowest BCUT2D eigenvalue weighted by Gasteiger charge is -2.20. The van der Waals surface area contributed by atoms with Crippen molar-refractivity contribution in [2.75, 3.05) is 19.0 Å². The average molecular weight is 293 g/mol. The van der Waals surface area contributed by atoms with Crippen LogP contribution in [0.15, 0.2) is 46.4 Å². The molecule has 0 atom stereocenters. The minimum atomic E-state index is 0.298. The molecule has 0 unspecified atom stereocenters. The molecule has 22 heavy (non-hydrogen) atoms. The van der Waals surface area contributed by atoms with Crippen molar-refractivity contribution < 1.29 is 9.59 Å². The maximum absolute atomic E-state index is 10.8. The van der Waals surface area contributed by atoms with E-state index in [0.29, 0.717) is 11.4 Å². The van der Waals surface area contributed by atoms with Gasteiger partial charge in [-0.2, -0.15) is 9.98 Å². The minimum Gasteiger partial charge on any atom is -0.377 e. The third-order valence-corrected chi connectivity index (χ3v) is 3.38. The Morgan fingerprint density at radius 1 is 1.00 bits per heavy atom. The molecule has 0 amide bonds. The van der Waals surface area contributed by atoms with Gasteiger partial charge in [0.1, 0.15) is 11.4 Å². The molecule has 2 rings (SSSR count). The van der Waals surface area contributed by atoms with Crippen LogP contribution in [-0.4, -0.2) is 26.3 Å². The van der Waals surface area contributed by atoms with E-state index < -0.39 is 0 Å². The summed E-state index contributed by atoms with van der Waals surface area (Å²) >= 11 is 0. The zero-order valence-electron chi connectivity index (χ0n) is 12.6. The Bertz CT molecular complexity index is 785. The first-order valence-electron chi connectivity index (χ1n) is 6.66.